The average Bonchev–Trinajstić information content (AvgIpc) is 2.94. The van der Waals surface area contributed by atoms with Gasteiger partial charge in [-0.25, -0.2) is 13.1 Å². The van der Waals surface area contributed by atoms with E-state index < -0.39 is 10.0 Å². The van der Waals surface area contributed by atoms with Crippen molar-refractivity contribution in [2.75, 3.05) is 38.1 Å². The lowest BCUT2D eigenvalue weighted by atomic mass is 10.1. The molecule has 1 atom stereocenters. The molecule has 1 fully saturated rings. The molecule has 0 saturated carbocycles. The van der Waals surface area contributed by atoms with E-state index in [0.29, 0.717) is 17.4 Å². The Morgan fingerprint density at radius 3 is 2.62 bits per heavy atom. The van der Waals surface area contributed by atoms with E-state index in [9.17, 15) is 8.42 Å². The fourth-order valence-corrected chi connectivity index (χ4v) is 3.81. The van der Waals surface area contributed by atoms with Crippen molar-refractivity contribution in [2.45, 2.75) is 24.7 Å². The molecule has 0 aromatic heterocycles. The molecular formula is C15H25N3O2S. The smallest absolute Gasteiger partial charge is 0.240 e. The highest BCUT2D eigenvalue weighted by Crippen LogP contribution is 2.24. The van der Waals surface area contributed by atoms with E-state index in [2.05, 4.69) is 14.9 Å². The van der Waals surface area contributed by atoms with Crippen LogP contribution in [0.4, 0.5) is 5.69 Å². The van der Waals surface area contributed by atoms with E-state index in [1.807, 2.05) is 26.1 Å². The summed E-state index contributed by atoms with van der Waals surface area (Å²) < 4.78 is 26.6. The van der Waals surface area contributed by atoms with Crippen LogP contribution in [-0.2, 0) is 10.0 Å². The Bertz CT molecular complexity index is 543. The van der Waals surface area contributed by atoms with Gasteiger partial charge in [-0.3, -0.25) is 0 Å². The maximum atomic E-state index is 12.0. The Balaban J connectivity index is 2.03. The Hall–Kier alpha value is -1.11. The minimum atomic E-state index is -3.36. The first kappa shape index (κ1) is 16.3. The summed E-state index contributed by atoms with van der Waals surface area (Å²) in [5.41, 5.74) is 1.10. The topological polar surface area (TPSA) is 61.4 Å². The zero-order valence-electron chi connectivity index (χ0n) is 12.8. The fourth-order valence-electron chi connectivity index (χ4n) is 2.68. The lowest BCUT2D eigenvalue weighted by Crippen LogP contribution is -2.25. The second kappa shape index (κ2) is 7.24. The monoisotopic (exact) mass is 311 g/mol. The fraction of sp³-hybridized carbons (Fsp3) is 0.600. The first-order valence-corrected chi connectivity index (χ1v) is 9.04. The minimum Gasteiger partial charge on any atom is -0.371 e. The molecule has 21 heavy (non-hydrogen) atoms. The molecule has 0 aliphatic carbocycles. The molecular weight excluding hydrogens is 286 g/mol. The highest BCUT2D eigenvalue weighted by atomic mass is 32.2. The summed E-state index contributed by atoms with van der Waals surface area (Å²) in [6, 6.07) is 7.20. The molecule has 5 nitrogen and oxygen atoms in total. The molecule has 118 valence electrons. The molecule has 1 saturated heterocycles. The van der Waals surface area contributed by atoms with Crippen LogP contribution in [0.3, 0.4) is 0 Å². The zero-order chi connectivity index (χ0) is 15.3. The first-order chi connectivity index (χ1) is 10.1. The summed E-state index contributed by atoms with van der Waals surface area (Å²) in [6.07, 6.45) is 1.97. The number of sulfonamides is 1. The Kier molecular flexibility index (Phi) is 5.61. The van der Waals surface area contributed by atoms with E-state index in [-0.39, 0.29) is 0 Å². The minimum absolute atomic E-state index is 0.339. The number of hydrogen-bond donors (Lipinski definition) is 2. The summed E-state index contributed by atoms with van der Waals surface area (Å²) in [5, 5.41) is 3.22. The van der Waals surface area contributed by atoms with Gasteiger partial charge in [-0.15, -0.1) is 0 Å². The number of nitrogens with one attached hydrogen (secondary N) is 2. The van der Waals surface area contributed by atoms with Crippen LogP contribution < -0.4 is 14.9 Å². The lowest BCUT2D eigenvalue weighted by Gasteiger charge is -2.19. The van der Waals surface area contributed by atoms with Crippen LogP contribution in [0.15, 0.2) is 29.2 Å². The summed E-state index contributed by atoms with van der Waals surface area (Å²) in [7, 11) is -1.38. The van der Waals surface area contributed by atoms with Gasteiger partial charge in [0.25, 0.3) is 0 Å². The molecule has 0 amide bonds. The SMILES string of the molecule is CCCNS(=O)(=O)c1ccc(N2CCC(CNC)C2)cc1. The van der Waals surface area contributed by atoms with Crippen molar-refractivity contribution in [1.82, 2.24) is 10.0 Å². The van der Waals surface area contributed by atoms with Gasteiger partial charge >= 0.3 is 0 Å². The summed E-state index contributed by atoms with van der Waals surface area (Å²) in [4.78, 5) is 2.66. The molecule has 2 N–H and O–H groups in total. The maximum absolute atomic E-state index is 12.0. The Labute approximate surface area is 127 Å². The van der Waals surface area contributed by atoms with E-state index in [1.54, 1.807) is 12.1 Å². The second-order valence-electron chi connectivity index (χ2n) is 5.55. The summed E-state index contributed by atoms with van der Waals surface area (Å²) in [6.45, 7) is 5.51. The molecule has 1 heterocycles. The second-order valence-corrected chi connectivity index (χ2v) is 7.32. The third-order valence-corrected chi connectivity index (χ3v) is 5.31. The molecule has 1 aliphatic heterocycles. The van der Waals surface area contributed by atoms with Crippen molar-refractivity contribution >= 4 is 15.7 Å². The van der Waals surface area contributed by atoms with Gasteiger partial charge in [0, 0.05) is 25.3 Å². The third kappa shape index (κ3) is 4.18. The third-order valence-electron chi connectivity index (χ3n) is 3.83. The first-order valence-electron chi connectivity index (χ1n) is 7.56. The molecule has 6 heteroatoms. The number of nitrogens with zero attached hydrogens (tertiary/aromatic N) is 1. The average molecular weight is 311 g/mol. The molecule has 1 unspecified atom stereocenters. The molecule has 0 radical (unpaired) electrons. The molecule has 0 bridgehead atoms. The van der Waals surface area contributed by atoms with Crippen LogP contribution in [0.1, 0.15) is 19.8 Å². The Morgan fingerprint density at radius 1 is 1.29 bits per heavy atom. The van der Waals surface area contributed by atoms with Crippen LogP contribution in [0.2, 0.25) is 0 Å². The van der Waals surface area contributed by atoms with Gasteiger partial charge in [0.15, 0.2) is 0 Å². The van der Waals surface area contributed by atoms with Crippen molar-refractivity contribution in [1.29, 1.82) is 0 Å². The van der Waals surface area contributed by atoms with Crippen molar-refractivity contribution < 1.29 is 8.42 Å². The Morgan fingerprint density at radius 2 is 2.00 bits per heavy atom. The maximum Gasteiger partial charge on any atom is 0.240 e. The number of anilines is 1. The standard InChI is InChI=1S/C15H25N3O2S/c1-3-9-17-21(19,20)15-6-4-14(5-7-15)18-10-8-13(12-18)11-16-2/h4-7,13,16-17H,3,8-12H2,1-2H3. The van der Waals surface area contributed by atoms with Crippen LogP contribution in [0.5, 0.6) is 0 Å². The van der Waals surface area contributed by atoms with Crippen LogP contribution in [0.25, 0.3) is 0 Å². The number of rotatable bonds is 7. The molecule has 0 spiro atoms. The highest BCUT2D eigenvalue weighted by Gasteiger charge is 2.22. The van der Waals surface area contributed by atoms with E-state index >= 15 is 0 Å². The van der Waals surface area contributed by atoms with E-state index in [1.165, 1.54) is 6.42 Å². The van der Waals surface area contributed by atoms with Gasteiger partial charge in [0.2, 0.25) is 10.0 Å². The van der Waals surface area contributed by atoms with Gasteiger partial charge in [-0.1, -0.05) is 6.92 Å². The quantitative estimate of drug-likeness (QED) is 0.799. The largest absolute Gasteiger partial charge is 0.371 e. The molecule has 2 rings (SSSR count). The van der Waals surface area contributed by atoms with Gasteiger partial charge in [0.1, 0.15) is 0 Å². The predicted octanol–water partition coefficient (Wildman–Crippen LogP) is 1.42. The number of benzene rings is 1. The molecule has 1 aliphatic rings. The van der Waals surface area contributed by atoms with Crippen molar-refractivity contribution in [3.63, 3.8) is 0 Å². The van der Waals surface area contributed by atoms with E-state index in [0.717, 1.165) is 31.7 Å². The highest BCUT2D eigenvalue weighted by molar-refractivity contribution is 7.89. The van der Waals surface area contributed by atoms with Gasteiger partial charge in [-0.2, -0.15) is 0 Å². The van der Waals surface area contributed by atoms with Gasteiger partial charge < -0.3 is 10.2 Å². The van der Waals surface area contributed by atoms with Gasteiger partial charge in [-0.05, 0) is 56.6 Å². The molecule has 1 aromatic carbocycles. The zero-order valence-corrected chi connectivity index (χ0v) is 13.6. The predicted molar refractivity (Wildman–Crippen MR) is 86.2 cm³/mol. The van der Waals surface area contributed by atoms with Crippen LogP contribution in [-0.4, -0.2) is 41.6 Å². The van der Waals surface area contributed by atoms with Crippen LogP contribution in [0, 0.1) is 5.92 Å². The van der Waals surface area contributed by atoms with Gasteiger partial charge in [0.05, 0.1) is 4.90 Å². The van der Waals surface area contributed by atoms with Crippen molar-refractivity contribution in [3.8, 4) is 0 Å². The number of hydrogen-bond acceptors (Lipinski definition) is 4. The normalized spacial score (nSPS) is 19.1. The summed E-state index contributed by atoms with van der Waals surface area (Å²) >= 11 is 0. The van der Waals surface area contributed by atoms with Crippen molar-refractivity contribution in [3.05, 3.63) is 24.3 Å². The van der Waals surface area contributed by atoms with Crippen molar-refractivity contribution in [2.24, 2.45) is 5.92 Å². The van der Waals surface area contributed by atoms with Crippen LogP contribution >= 0.6 is 0 Å². The molecule has 1 aromatic rings. The lowest BCUT2D eigenvalue weighted by molar-refractivity contribution is 0.549. The van der Waals surface area contributed by atoms with E-state index in [4.69, 9.17) is 0 Å². The summed E-state index contributed by atoms with van der Waals surface area (Å²) in [5.74, 6) is 0.671.